The Kier molecular flexibility index (Phi) is 4.25. The van der Waals surface area contributed by atoms with Crippen LogP contribution in [0, 0.1) is 12.7 Å². The van der Waals surface area contributed by atoms with Gasteiger partial charge in [0.05, 0.1) is 5.97 Å². The summed E-state index contributed by atoms with van der Waals surface area (Å²) >= 11 is 5.93. The third-order valence-corrected chi connectivity index (χ3v) is 3.43. The third-order valence-electron chi connectivity index (χ3n) is 3.07. The molecule has 0 saturated heterocycles. The van der Waals surface area contributed by atoms with Gasteiger partial charge in [-0.05, 0) is 30.7 Å². The van der Waals surface area contributed by atoms with Gasteiger partial charge in [0, 0.05) is 28.4 Å². The molecule has 3 nitrogen and oxygen atoms in total. The summed E-state index contributed by atoms with van der Waals surface area (Å²) in [7, 11) is 0. The molecular formula is C15H12ClFNO2-. The number of carbonyl (C=O) groups excluding carboxylic acids is 1. The van der Waals surface area contributed by atoms with Gasteiger partial charge in [0.15, 0.2) is 0 Å². The number of anilines is 1. The monoisotopic (exact) mass is 292 g/mol. The second kappa shape index (κ2) is 5.92. The van der Waals surface area contributed by atoms with Crippen molar-refractivity contribution in [1.29, 1.82) is 0 Å². The summed E-state index contributed by atoms with van der Waals surface area (Å²) in [6.45, 7) is 1.83. The standard InChI is InChI=1S/C15H13ClFNO2/c1-9-10(15(19)20)4-2-7-14(9)18-8-11-12(16)5-3-6-13(11)17/h2-7,18H,8H2,1H3,(H,19,20)/p-1. The van der Waals surface area contributed by atoms with Crippen molar-refractivity contribution in [3.8, 4) is 0 Å². The van der Waals surface area contributed by atoms with Gasteiger partial charge >= 0.3 is 0 Å². The molecule has 0 fully saturated rings. The number of carboxylic acid groups (broad SMARTS) is 1. The predicted molar refractivity (Wildman–Crippen MR) is 74.2 cm³/mol. The average Bonchev–Trinajstić information content (AvgIpc) is 2.39. The van der Waals surface area contributed by atoms with Gasteiger partial charge in [-0.3, -0.25) is 0 Å². The molecular weight excluding hydrogens is 281 g/mol. The Bertz CT molecular complexity index is 638. The minimum Gasteiger partial charge on any atom is -0.545 e. The zero-order valence-corrected chi connectivity index (χ0v) is 11.5. The van der Waals surface area contributed by atoms with Crippen LogP contribution in [0.3, 0.4) is 0 Å². The van der Waals surface area contributed by atoms with Crippen molar-refractivity contribution in [3.05, 3.63) is 63.9 Å². The van der Waals surface area contributed by atoms with Crippen molar-refractivity contribution in [2.24, 2.45) is 0 Å². The van der Waals surface area contributed by atoms with E-state index in [9.17, 15) is 14.3 Å². The molecule has 0 bridgehead atoms. The number of hydrogen-bond acceptors (Lipinski definition) is 3. The molecule has 20 heavy (non-hydrogen) atoms. The molecule has 5 heteroatoms. The van der Waals surface area contributed by atoms with Gasteiger partial charge < -0.3 is 15.2 Å². The van der Waals surface area contributed by atoms with E-state index in [1.54, 1.807) is 25.1 Å². The van der Waals surface area contributed by atoms with E-state index in [-0.39, 0.29) is 12.1 Å². The van der Waals surface area contributed by atoms with Crippen molar-refractivity contribution < 1.29 is 14.3 Å². The first-order chi connectivity index (χ1) is 9.50. The molecule has 0 amide bonds. The number of rotatable bonds is 4. The van der Waals surface area contributed by atoms with Gasteiger partial charge in [-0.25, -0.2) is 4.39 Å². The largest absolute Gasteiger partial charge is 0.545 e. The normalized spacial score (nSPS) is 10.3. The van der Waals surface area contributed by atoms with Crippen LogP contribution >= 0.6 is 11.6 Å². The fourth-order valence-corrected chi connectivity index (χ4v) is 2.16. The van der Waals surface area contributed by atoms with E-state index in [4.69, 9.17) is 11.6 Å². The first-order valence-electron chi connectivity index (χ1n) is 5.98. The third kappa shape index (κ3) is 2.91. The lowest BCUT2D eigenvalue weighted by molar-refractivity contribution is -0.255. The number of aromatic carboxylic acids is 1. The SMILES string of the molecule is Cc1c(NCc2c(F)cccc2Cl)cccc1C(=O)[O-]. The maximum Gasteiger partial charge on any atom is 0.129 e. The zero-order chi connectivity index (χ0) is 14.7. The van der Waals surface area contributed by atoms with Crippen molar-refractivity contribution >= 4 is 23.3 Å². The maximum atomic E-state index is 13.6. The van der Waals surface area contributed by atoms with Gasteiger partial charge in [0.2, 0.25) is 0 Å². The minimum absolute atomic E-state index is 0.106. The van der Waals surface area contributed by atoms with E-state index in [0.717, 1.165) is 0 Å². The quantitative estimate of drug-likeness (QED) is 0.943. The van der Waals surface area contributed by atoms with Crippen molar-refractivity contribution in [2.75, 3.05) is 5.32 Å². The highest BCUT2D eigenvalue weighted by Crippen LogP contribution is 2.23. The highest BCUT2D eigenvalue weighted by molar-refractivity contribution is 6.31. The Balaban J connectivity index is 2.24. The number of carbonyl (C=O) groups is 1. The minimum atomic E-state index is -1.24. The van der Waals surface area contributed by atoms with Crippen LogP contribution in [0.1, 0.15) is 21.5 Å². The highest BCUT2D eigenvalue weighted by Gasteiger charge is 2.08. The molecule has 104 valence electrons. The second-order valence-electron chi connectivity index (χ2n) is 4.32. The molecule has 0 saturated carbocycles. The smallest absolute Gasteiger partial charge is 0.129 e. The second-order valence-corrected chi connectivity index (χ2v) is 4.73. The van der Waals surface area contributed by atoms with Crippen LogP contribution in [-0.2, 0) is 6.54 Å². The van der Waals surface area contributed by atoms with Crippen LogP contribution in [-0.4, -0.2) is 5.97 Å². The van der Waals surface area contributed by atoms with E-state index < -0.39 is 11.8 Å². The molecule has 0 aromatic heterocycles. The van der Waals surface area contributed by atoms with E-state index >= 15 is 0 Å². The summed E-state index contributed by atoms with van der Waals surface area (Å²) in [4.78, 5) is 10.9. The van der Waals surface area contributed by atoms with Crippen LogP contribution in [0.5, 0.6) is 0 Å². The molecule has 0 aliphatic rings. The van der Waals surface area contributed by atoms with E-state index in [1.165, 1.54) is 18.2 Å². The number of hydrogen-bond donors (Lipinski definition) is 1. The van der Waals surface area contributed by atoms with Gasteiger partial charge in [-0.2, -0.15) is 0 Å². The molecule has 0 unspecified atom stereocenters. The first-order valence-corrected chi connectivity index (χ1v) is 6.36. The molecule has 0 heterocycles. The van der Waals surface area contributed by atoms with Gasteiger partial charge in [0.25, 0.3) is 0 Å². The van der Waals surface area contributed by atoms with Crippen LogP contribution in [0.4, 0.5) is 10.1 Å². The Morgan fingerprint density at radius 1 is 1.30 bits per heavy atom. The summed E-state index contributed by atoms with van der Waals surface area (Å²) in [5.41, 5.74) is 1.59. The molecule has 0 aliphatic heterocycles. The molecule has 0 aliphatic carbocycles. The highest BCUT2D eigenvalue weighted by atomic mass is 35.5. The summed E-state index contributed by atoms with van der Waals surface area (Å²) < 4.78 is 13.6. The van der Waals surface area contributed by atoms with Crippen LogP contribution in [0.15, 0.2) is 36.4 Å². The van der Waals surface area contributed by atoms with Crippen molar-refractivity contribution in [1.82, 2.24) is 0 Å². The average molecular weight is 293 g/mol. The zero-order valence-electron chi connectivity index (χ0n) is 10.7. The van der Waals surface area contributed by atoms with Crippen molar-refractivity contribution in [2.45, 2.75) is 13.5 Å². The van der Waals surface area contributed by atoms with Crippen molar-refractivity contribution in [3.63, 3.8) is 0 Å². The molecule has 0 spiro atoms. The molecule has 2 aromatic carbocycles. The van der Waals surface area contributed by atoms with Gasteiger partial charge in [-0.1, -0.05) is 29.8 Å². The first kappa shape index (κ1) is 14.3. The van der Waals surface area contributed by atoms with E-state index in [1.807, 2.05) is 0 Å². The molecule has 0 radical (unpaired) electrons. The summed E-state index contributed by atoms with van der Waals surface area (Å²) in [6.07, 6.45) is 0. The van der Waals surface area contributed by atoms with Gasteiger partial charge in [-0.15, -0.1) is 0 Å². The molecule has 0 atom stereocenters. The number of benzene rings is 2. The van der Waals surface area contributed by atoms with E-state index in [0.29, 0.717) is 21.8 Å². The fraction of sp³-hybridized carbons (Fsp3) is 0.133. The summed E-state index contributed by atoms with van der Waals surface area (Å²) in [5.74, 6) is -1.64. The topological polar surface area (TPSA) is 52.2 Å². The number of carboxylic acids is 1. The summed E-state index contributed by atoms with van der Waals surface area (Å²) in [5, 5.41) is 14.3. The summed E-state index contributed by atoms with van der Waals surface area (Å²) in [6, 6.07) is 9.24. The fourth-order valence-electron chi connectivity index (χ4n) is 1.93. The Labute approximate surface area is 121 Å². The Morgan fingerprint density at radius 2 is 2.00 bits per heavy atom. The van der Waals surface area contributed by atoms with Crippen LogP contribution < -0.4 is 10.4 Å². The molecule has 2 aromatic rings. The number of nitrogens with one attached hydrogen (secondary N) is 1. The van der Waals surface area contributed by atoms with E-state index in [2.05, 4.69) is 5.32 Å². The molecule has 1 N–H and O–H groups in total. The number of halogens is 2. The lowest BCUT2D eigenvalue weighted by atomic mass is 10.1. The lowest BCUT2D eigenvalue weighted by Gasteiger charge is -2.14. The maximum absolute atomic E-state index is 13.6. The Morgan fingerprint density at radius 3 is 2.65 bits per heavy atom. The molecule has 2 rings (SSSR count). The lowest BCUT2D eigenvalue weighted by Crippen LogP contribution is -2.23. The Hall–Kier alpha value is -2.07. The van der Waals surface area contributed by atoms with Gasteiger partial charge in [0.1, 0.15) is 5.82 Å². The van der Waals surface area contributed by atoms with Crippen LogP contribution in [0.2, 0.25) is 5.02 Å². The van der Waals surface area contributed by atoms with Crippen LogP contribution in [0.25, 0.3) is 0 Å². The predicted octanol–water partition coefficient (Wildman–Crippen LogP) is 2.76.